The number of hydrogen-bond acceptors (Lipinski definition) is 5. The van der Waals surface area contributed by atoms with Gasteiger partial charge in [0.05, 0.1) is 12.5 Å². The van der Waals surface area contributed by atoms with Crippen molar-refractivity contribution in [3.63, 3.8) is 0 Å². The minimum Gasteiger partial charge on any atom is -0.480 e. The molecule has 1 aliphatic carbocycles. The van der Waals surface area contributed by atoms with Crippen LogP contribution in [-0.4, -0.2) is 53.5 Å². The summed E-state index contributed by atoms with van der Waals surface area (Å²) in [7, 11) is 0. The van der Waals surface area contributed by atoms with Gasteiger partial charge in [-0.05, 0) is 29.2 Å². The monoisotopic (exact) mass is 412 g/mol. The van der Waals surface area contributed by atoms with Gasteiger partial charge in [0.15, 0.2) is 0 Å². The molecule has 0 saturated carbocycles. The van der Waals surface area contributed by atoms with Gasteiger partial charge in [-0.2, -0.15) is 0 Å². The van der Waals surface area contributed by atoms with E-state index in [4.69, 9.17) is 9.84 Å². The molecule has 0 fully saturated rings. The normalized spacial score (nSPS) is 14.2. The lowest BCUT2D eigenvalue weighted by Crippen LogP contribution is -2.41. The first kappa shape index (κ1) is 21.3. The van der Waals surface area contributed by atoms with Crippen molar-refractivity contribution in [1.29, 1.82) is 0 Å². The quantitative estimate of drug-likeness (QED) is 0.525. The van der Waals surface area contributed by atoms with E-state index in [9.17, 15) is 19.5 Å². The Hall–Kier alpha value is -3.39. The van der Waals surface area contributed by atoms with Crippen molar-refractivity contribution in [2.24, 2.45) is 0 Å². The minimum atomic E-state index is -1.17. The van der Waals surface area contributed by atoms with Crippen LogP contribution in [-0.2, 0) is 14.3 Å². The van der Waals surface area contributed by atoms with Crippen molar-refractivity contribution in [2.75, 3.05) is 13.2 Å². The molecule has 0 aliphatic heterocycles. The fourth-order valence-corrected chi connectivity index (χ4v) is 3.50. The lowest BCUT2D eigenvalue weighted by molar-refractivity contribution is -0.141. The molecule has 0 bridgehead atoms. The molecule has 1 unspecified atom stereocenters. The van der Waals surface area contributed by atoms with Crippen molar-refractivity contribution in [3.05, 3.63) is 59.7 Å². The SMILES string of the molecule is C[C@H](NC(=O)CC(O)CNC(=O)OCC1c2ccccc2-c2ccccc21)C(=O)O. The number of amides is 2. The van der Waals surface area contributed by atoms with Crippen LogP contribution in [0, 0.1) is 0 Å². The lowest BCUT2D eigenvalue weighted by atomic mass is 9.98. The molecule has 3 rings (SSSR count). The van der Waals surface area contributed by atoms with E-state index in [1.807, 2.05) is 48.5 Å². The Morgan fingerprint density at radius 1 is 1.03 bits per heavy atom. The molecule has 2 aromatic carbocycles. The second-order valence-electron chi connectivity index (χ2n) is 7.19. The number of carboxylic acid groups (broad SMARTS) is 1. The van der Waals surface area contributed by atoms with Crippen molar-refractivity contribution in [3.8, 4) is 11.1 Å². The van der Waals surface area contributed by atoms with Crippen molar-refractivity contribution in [2.45, 2.75) is 31.4 Å². The summed E-state index contributed by atoms with van der Waals surface area (Å²) in [5.74, 6) is -1.86. The average Bonchev–Trinajstić information content (AvgIpc) is 3.04. The zero-order valence-corrected chi connectivity index (χ0v) is 16.5. The fraction of sp³-hybridized carbons (Fsp3) is 0.318. The molecule has 2 atom stereocenters. The van der Waals surface area contributed by atoms with E-state index in [-0.39, 0.29) is 25.5 Å². The summed E-state index contributed by atoms with van der Waals surface area (Å²) in [6.45, 7) is 1.28. The van der Waals surface area contributed by atoms with Crippen molar-refractivity contribution in [1.82, 2.24) is 10.6 Å². The summed E-state index contributed by atoms with van der Waals surface area (Å²) in [5.41, 5.74) is 4.43. The van der Waals surface area contributed by atoms with E-state index in [1.54, 1.807) is 0 Å². The van der Waals surface area contributed by atoms with Crippen LogP contribution in [0.25, 0.3) is 11.1 Å². The van der Waals surface area contributed by atoms with E-state index < -0.39 is 30.1 Å². The minimum absolute atomic E-state index is 0.0728. The van der Waals surface area contributed by atoms with E-state index in [2.05, 4.69) is 10.6 Å². The van der Waals surface area contributed by atoms with Crippen molar-refractivity contribution < 1.29 is 29.3 Å². The van der Waals surface area contributed by atoms with Crippen LogP contribution in [0.4, 0.5) is 4.79 Å². The summed E-state index contributed by atoms with van der Waals surface area (Å²) in [5, 5.41) is 23.3. The van der Waals surface area contributed by atoms with E-state index in [1.165, 1.54) is 6.92 Å². The Morgan fingerprint density at radius 2 is 1.60 bits per heavy atom. The molecule has 8 nitrogen and oxygen atoms in total. The number of fused-ring (bicyclic) bond motifs is 3. The van der Waals surface area contributed by atoms with E-state index >= 15 is 0 Å². The van der Waals surface area contributed by atoms with Gasteiger partial charge in [0, 0.05) is 12.5 Å². The zero-order chi connectivity index (χ0) is 21.7. The van der Waals surface area contributed by atoms with Crippen LogP contribution in [0.1, 0.15) is 30.4 Å². The number of carbonyl (C=O) groups excluding carboxylic acids is 2. The standard InChI is InChI=1S/C22H24N2O6/c1-13(21(27)28)24-20(26)10-14(25)11-23-22(29)30-12-19-17-8-4-2-6-15(17)16-7-3-5-9-18(16)19/h2-9,13-14,19,25H,10-12H2,1H3,(H,23,29)(H,24,26)(H,27,28)/t13-,14?/m0/s1. The molecule has 158 valence electrons. The zero-order valence-electron chi connectivity index (χ0n) is 16.5. The number of aliphatic carboxylic acids is 1. The van der Waals surface area contributed by atoms with Gasteiger partial charge in [-0.25, -0.2) is 4.79 Å². The highest BCUT2D eigenvalue weighted by Crippen LogP contribution is 2.44. The first-order valence-corrected chi connectivity index (χ1v) is 9.66. The molecule has 0 spiro atoms. The van der Waals surface area contributed by atoms with Crippen molar-refractivity contribution >= 4 is 18.0 Å². The van der Waals surface area contributed by atoms with Crippen LogP contribution < -0.4 is 10.6 Å². The highest BCUT2D eigenvalue weighted by Gasteiger charge is 2.29. The molecular formula is C22H24N2O6. The number of ether oxygens (including phenoxy) is 1. The predicted octanol–water partition coefficient (Wildman–Crippen LogP) is 1.87. The number of alkyl carbamates (subject to hydrolysis) is 1. The maximum absolute atomic E-state index is 12.1. The van der Waals surface area contributed by atoms with Gasteiger partial charge >= 0.3 is 12.1 Å². The molecule has 0 saturated heterocycles. The predicted molar refractivity (Wildman–Crippen MR) is 109 cm³/mol. The third-order valence-electron chi connectivity index (χ3n) is 4.99. The molecule has 4 N–H and O–H groups in total. The molecule has 2 aromatic rings. The highest BCUT2D eigenvalue weighted by atomic mass is 16.5. The van der Waals surface area contributed by atoms with Crippen LogP contribution in [0.15, 0.2) is 48.5 Å². The molecule has 0 heterocycles. The summed E-state index contributed by atoms with van der Waals surface area (Å²) in [6.07, 6.45) is -2.19. The number of rotatable bonds is 8. The number of nitrogens with one attached hydrogen (secondary N) is 2. The third-order valence-corrected chi connectivity index (χ3v) is 4.99. The first-order valence-electron chi connectivity index (χ1n) is 9.66. The Kier molecular flexibility index (Phi) is 6.68. The topological polar surface area (TPSA) is 125 Å². The van der Waals surface area contributed by atoms with Crippen LogP contribution >= 0.6 is 0 Å². The van der Waals surface area contributed by atoms with Crippen LogP contribution in [0.5, 0.6) is 0 Å². The number of aliphatic hydroxyl groups is 1. The number of benzene rings is 2. The van der Waals surface area contributed by atoms with Gasteiger partial charge in [-0.3, -0.25) is 9.59 Å². The summed E-state index contributed by atoms with van der Waals surface area (Å²) < 4.78 is 5.35. The second-order valence-corrected chi connectivity index (χ2v) is 7.19. The van der Waals surface area contributed by atoms with E-state index in [0.29, 0.717) is 0 Å². The number of aliphatic hydroxyl groups excluding tert-OH is 1. The Labute approximate surface area is 173 Å². The Morgan fingerprint density at radius 3 is 2.17 bits per heavy atom. The fourth-order valence-electron chi connectivity index (χ4n) is 3.50. The largest absolute Gasteiger partial charge is 0.480 e. The smallest absolute Gasteiger partial charge is 0.407 e. The average molecular weight is 412 g/mol. The van der Waals surface area contributed by atoms with E-state index in [0.717, 1.165) is 22.3 Å². The van der Waals surface area contributed by atoms with Gasteiger partial charge in [-0.1, -0.05) is 48.5 Å². The maximum atomic E-state index is 12.1. The molecule has 1 aliphatic rings. The third kappa shape index (κ3) is 4.96. The second kappa shape index (κ2) is 9.41. The first-order chi connectivity index (χ1) is 14.4. The molecule has 30 heavy (non-hydrogen) atoms. The van der Waals surface area contributed by atoms with Gasteiger partial charge < -0.3 is 25.6 Å². The highest BCUT2D eigenvalue weighted by molar-refractivity contribution is 5.83. The Balaban J connectivity index is 1.48. The number of hydrogen-bond donors (Lipinski definition) is 4. The summed E-state index contributed by atoms with van der Waals surface area (Å²) in [4.78, 5) is 34.4. The molecule has 8 heteroatoms. The molecule has 0 radical (unpaired) electrons. The number of carboxylic acids is 1. The molecule has 0 aromatic heterocycles. The van der Waals surface area contributed by atoms with Gasteiger partial charge in [0.2, 0.25) is 5.91 Å². The summed E-state index contributed by atoms with van der Waals surface area (Å²) in [6, 6.07) is 14.9. The maximum Gasteiger partial charge on any atom is 0.407 e. The molecule has 2 amide bonds. The van der Waals surface area contributed by atoms with Crippen LogP contribution in [0.2, 0.25) is 0 Å². The molecular weight excluding hydrogens is 388 g/mol. The lowest BCUT2D eigenvalue weighted by Gasteiger charge is -2.16. The number of carbonyl (C=O) groups is 3. The van der Waals surface area contributed by atoms with Gasteiger partial charge in [0.25, 0.3) is 0 Å². The van der Waals surface area contributed by atoms with Crippen LogP contribution in [0.3, 0.4) is 0 Å². The Bertz CT molecular complexity index is 899. The van der Waals surface area contributed by atoms with Gasteiger partial charge in [-0.15, -0.1) is 0 Å². The van der Waals surface area contributed by atoms with Gasteiger partial charge in [0.1, 0.15) is 12.6 Å². The summed E-state index contributed by atoms with van der Waals surface area (Å²) >= 11 is 0.